The van der Waals surface area contributed by atoms with Crippen LogP contribution >= 0.6 is 11.3 Å². The Morgan fingerprint density at radius 2 is 2.03 bits per heavy atom. The van der Waals surface area contributed by atoms with Crippen LogP contribution in [0.15, 0.2) is 29.1 Å². The molecule has 1 atom stereocenters. The van der Waals surface area contributed by atoms with Gasteiger partial charge in [0, 0.05) is 16.8 Å². The van der Waals surface area contributed by atoms with Crippen LogP contribution in [0.5, 0.6) is 0 Å². The van der Waals surface area contributed by atoms with Crippen molar-refractivity contribution < 1.29 is 9.59 Å². The van der Waals surface area contributed by atoms with E-state index in [1.807, 2.05) is 6.92 Å². The van der Waals surface area contributed by atoms with E-state index < -0.39 is 11.8 Å². The number of carbonyl (C=O) groups is 2. The minimum absolute atomic E-state index is 0.161. The second-order valence-corrected chi connectivity index (χ2v) is 8.90. The van der Waals surface area contributed by atoms with Crippen LogP contribution in [0.4, 0.5) is 5.00 Å². The van der Waals surface area contributed by atoms with E-state index in [1.165, 1.54) is 16.0 Å². The molecule has 0 bridgehead atoms. The molecule has 0 saturated carbocycles. The first-order valence-electron chi connectivity index (χ1n) is 10.2. The van der Waals surface area contributed by atoms with E-state index in [1.54, 1.807) is 24.3 Å². The van der Waals surface area contributed by atoms with Crippen molar-refractivity contribution in [2.45, 2.75) is 46.1 Å². The first kappa shape index (κ1) is 20.3. The van der Waals surface area contributed by atoms with E-state index in [0.717, 1.165) is 29.7 Å². The summed E-state index contributed by atoms with van der Waals surface area (Å²) in [6, 6.07) is 6.94. The number of nitrogens with one attached hydrogen (secondary N) is 1. The number of carbonyl (C=O) groups excluding carboxylic acids is 2. The Balaban J connectivity index is 1.79. The molecule has 30 heavy (non-hydrogen) atoms. The molecule has 0 unspecified atom stereocenters. The molecule has 0 radical (unpaired) electrons. The lowest BCUT2D eigenvalue weighted by molar-refractivity contribution is 0.1000. The van der Waals surface area contributed by atoms with Crippen LogP contribution in [0.2, 0.25) is 0 Å². The van der Waals surface area contributed by atoms with Crippen molar-refractivity contribution in [3.8, 4) is 0 Å². The van der Waals surface area contributed by atoms with Gasteiger partial charge in [0.2, 0.25) is 0 Å². The van der Waals surface area contributed by atoms with E-state index >= 15 is 0 Å². The highest BCUT2D eigenvalue weighted by Gasteiger charge is 2.28. The Kier molecular flexibility index (Phi) is 5.42. The summed E-state index contributed by atoms with van der Waals surface area (Å²) in [6.07, 6.45) is 3.36. The molecule has 2 aromatic heterocycles. The number of nitrogens with two attached hydrogens (primary N) is 1. The van der Waals surface area contributed by atoms with Crippen LogP contribution in [0.3, 0.4) is 0 Å². The number of hydrogen-bond donors (Lipinski definition) is 2. The molecule has 0 spiro atoms. The fraction of sp³-hybridized carbons (Fsp3) is 0.364. The molecule has 7 nitrogen and oxygen atoms in total. The number of anilines is 1. The van der Waals surface area contributed by atoms with Gasteiger partial charge in [-0.25, -0.2) is 4.68 Å². The summed E-state index contributed by atoms with van der Waals surface area (Å²) in [6.45, 7) is 4.54. The zero-order valence-electron chi connectivity index (χ0n) is 17.0. The largest absolute Gasteiger partial charge is 0.365 e. The zero-order valence-corrected chi connectivity index (χ0v) is 17.8. The average Bonchev–Trinajstić information content (AvgIpc) is 3.07. The highest BCUT2D eigenvalue weighted by Crippen LogP contribution is 2.39. The molecule has 156 valence electrons. The number of thiophene rings is 1. The van der Waals surface area contributed by atoms with E-state index in [4.69, 9.17) is 5.73 Å². The number of amides is 2. The van der Waals surface area contributed by atoms with Gasteiger partial charge in [-0.05, 0) is 43.2 Å². The lowest BCUT2D eigenvalue weighted by Gasteiger charge is -2.18. The van der Waals surface area contributed by atoms with Crippen molar-refractivity contribution in [2.75, 3.05) is 5.32 Å². The lowest BCUT2D eigenvalue weighted by atomic mass is 9.88. The van der Waals surface area contributed by atoms with Crippen LogP contribution in [-0.4, -0.2) is 21.6 Å². The predicted octanol–water partition coefficient (Wildman–Crippen LogP) is 3.34. The standard InChI is InChI=1S/C22H24N4O3S/c1-3-10-26-22(29)14-7-5-4-6-13(14)18(25-26)20(28)24-21-17(19(23)27)15-9-8-12(2)11-16(15)30-21/h4-7,12H,3,8-11H2,1-2H3,(H2,23,27)(H,24,28)/t12-/m0/s1. The summed E-state index contributed by atoms with van der Waals surface area (Å²) in [5.74, 6) is -0.458. The van der Waals surface area contributed by atoms with Crippen molar-refractivity contribution in [3.05, 3.63) is 56.3 Å². The van der Waals surface area contributed by atoms with Crippen LogP contribution in [0, 0.1) is 5.92 Å². The molecule has 0 saturated heterocycles. The smallest absolute Gasteiger partial charge is 0.277 e. The molecule has 1 aliphatic carbocycles. The summed E-state index contributed by atoms with van der Waals surface area (Å²) in [4.78, 5) is 39.2. The first-order valence-corrected chi connectivity index (χ1v) is 11.0. The normalized spacial score (nSPS) is 15.7. The average molecular weight is 425 g/mol. The summed E-state index contributed by atoms with van der Waals surface area (Å²) < 4.78 is 1.33. The third-order valence-electron chi connectivity index (χ3n) is 5.50. The third-order valence-corrected chi connectivity index (χ3v) is 6.67. The van der Waals surface area contributed by atoms with Crippen LogP contribution in [-0.2, 0) is 19.4 Å². The molecular weight excluding hydrogens is 400 g/mol. The summed E-state index contributed by atoms with van der Waals surface area (Å²) in [5.41, 5.74) is 6.96. The molecule has 2 heterocycles. The van der Waals surface area contributed by atoms with Gasteiger partial charge in [-0.2, -0.15) is 5.10 Å². The second-order valence-electron chi connectivity index (χ2n) is 7.80. The summed E-state index contributed by atoms with van der Waals surface area (Å²) in [5, 5.41) is 8.59. The Labute approximate surface area is 177 Å². The number of aryl methyl sites for hydroxylation is 1. The van der Waals surface area contributed by atoms with Gasteiger partial charge in [0.05, 0.1) is 10.9 Å². The summed E-state index contributed by atoms with van der Waals surface area (Å²) in [7, 11) is 0. The van der Waals surface area contributed by atoms with Gasteiger partial charge < -0.3 is 11.1 Å². The molecule has 8 heteroatoms. The number of fused-ring (bicyclic) bond motifs is 2. The number of benzene rings is 1. The monoisotopic (exact) mass is 424 g/mol. The van der Waals surface area contributed by atoms with Gasteiger partial charge in [-0.3, -0.25) is 14.4 Å². The lowest BCUT2D eigenvalue weighted by Crippen LogP contribution is -2.28. The highest BCUT2D eigenvalue weighted by atomic mass is 32.1. The maximum absolute atomic E-state index is 13.2. The SMILES string of the molecule is CCCn1nc(C(=O)Nc2sc3c(c2C(N)=O)CC[C@H](C)C3)c2ccccc2c1=O. The molecule has 2 amide bonds. The van der Waals surface area contributed by atoms with Gasteiger partial charge in [0.25, 0.3) is 17.4 Å². The fourth-order valence-corrected chi connectivity index (χ4v) is 5.44. The van der Waals surface area contributed by atoms with Gasteiger partial charge in [0.15, 0.2) is 5.69 Å². The van der Waals surface area contributed by atoms with Crippen molar-refractivity contribution in [1.29, 1.82) is 0 Å². The Hall–Kier alpha value is -3.00. The quantitative estimate of drug-likeness (QED) is 0.655. The number of hydrogen-bond acceptors (Lipinski definition) is 5. The Bertz CT molecular complexity index is 1210. The van der Waals surface area contributed by atoms with Crippen molar-refractivity contribution in [1.82, 2.24) is 9.78 Å². The Morgan fingerprint density at radius 3 is 2.73 bits per heavy atom. The minimum Gasteiger partial charge on any atom is -0.365 e. The van der Waals surface area contributed by atoms with Crippen molar-refractivity contribution >= 4 is 38.9 Å². The van der Waals surface area contributed by atoms with E-state index in [-0.39, 0.29) is 11.3 Å². The molecule has 3 N–H and O–H groups in total. The maximum atomic E-state index is 13.2. The van der Waals surface area contributed by atoms with Crippen LogP contribution in [0.25, 0.3) is 10.8 Å². The summed E-state index contributed by atoms with van der Waals surface area (Å²) >= 11 is 1.41. The topological polar surface area (TPSA) is 107 Å². The zero-order chi connectivity index (χ0) is 21.4. The van der Waals surface area contributed by atoms with E-state index in [2.05, 4.69) is 17.3 Å². The number of nitrogens with zero attached hydrogens (tertiary/aromatic N) is 2. The third kappa shape index (κ3) is 3.52. The number of rotatable bonds is 5. The van der Waals surface area contributed by atoms with E-state index in [0.29, 0.717) is 40.2 Å². The molecule has 1 aromatic carbocycles. The molecule has 1 aliphatic rings. The molecular formula is C22H24N4O3S. The van der Waals surface area contributed by atoms with Gasteiger partial charge in [-0.15, -0.1) is 11.3 Å². The van der Waals surface area contributed by atoms with Crippen LogP contribution in [0.1, 0.15) is 58.0 Å². The molecule has 0 aliphatic heterocycles. The molecule has 3 aromatic rings. The van der Waals surface area contributed by atoms with Gasteiger partial charge in [-0.1, -0.05) is 32.0 Å². The fourth-order valence-electron chi connectivity index (χ4n) is 4.03. The first-order chi connectivity index (χ1) is 14.4. The predicted molar refractivity (Wildman–Crippen MR) is 118 cm³/mol. The van der Waals surface area contributed by atoms with E-state index in [9.17, 15) is 14.4 Å². The minimum atomic E-state index is -0.536. The second kappa shape index (κ2) is 8.02. The number of aromatic nitrogens is 2. The van der Waals surface area contributed by atoms with Crippen molar-refractivity contribution in [2.24, 2.45) is 11.7 Å². The maximum Gasteiger partial charge on any atom is 0.277 e. The van der Waals surface area contributed by atoms with Crippen LogP contribution < -0.4 is 16.6 Å². The van der Waals surface area contributed by atoms with Gasteiger partial charge in [0.1, 0.15) is 5.00 Å². The molecule has 4 rings (SSSR count). The number of primary amides is 1. The molecule has 0 fully saturated rings. The van der Waals surface area contributed by atoms with Gasteiger partial charge >= 0.3 is 0 Å². The Morgan fingerprint density at radius 1 is 1.30 bits per heavy atom. The van der Waals surface area contributed by atoms with Crippen molar-refractivity contribution in [3.63, 3.8) is 0 Å². The highest BCUT2D eigenvalue weighted by molar-refractivity contribution is 7.17.